The van der Waals surface area contributed by atoms with Gasteiger partial charge in [0.05, 0.1) is 0 Å². The number of hydrogen-bond acceptors (Lipinski definition) is 2. The van der Waals surface area contributed by atoms with Crippen molar-refractivity contribution in [2.75, 3.05) is 5.32 Å². The first kappa shape index (κ1) is 13.9. The van der Waals surface area contributed by atoms with Crippen LogP contribution in [-0.2, 0) is 9.59 Å². The van der Waals surface area contributed by atoms with Gasteiger partial charge in [0.15, 0.2) is 23.3 Å². The summed E-state index contributed by atoms with van der Waals surface area (Å²) in [6, 6.07) is 0. The zero-order chi connectivity index (χ0) is 14.0. The fraction of sp³-hybridized carbons (Fsp3) is 0.111. The second kappa shape index (κ2) is 4.98. The number of rotatable bonds is 3. The van der Waals surface area contributed by atoms with E-state index in [0.29, 0.717) is 0 Å². The molecule has 0 atom stereocenters. The van der Waals surface area contributed by atoms with Crippen LogP contribution in [0, 0.1) is 29.1 Å². The van der Waals surface area contributed by atoms with E-state index in [1.807, 2.05) is 0 Å². The third-order valence-electron chi connectivity index (χ3n) is 1.81. The Morgan fingerprint density at radius 1 is 0.889 bits per heavy atom. The second-order valence-corrected chi connectivity index (χ2v) is 3.14. The summed E-state index contributed by atoms with van der Waals surface area (Å²) in [4.78, 5) is 21.3. The van der Waals surface area contributed by atoms with Crippen molar-refractivity contribution in [2.45, 2.75) is 6.42 Å². The van der Waals surface area contributed by atoms with E-state index in [0.717, 1.165) is 0 Å². The highest BCUT2D eigenvalue weighted by Crippen LogP contribution is 2.27. The van der Waals surface area contributed by atoms with Gasteiger partial charge >= 0.3 is 0 Å². The van der Waals surface area contributed by atoms with E-state index in [-0.39, 0.29) is 0 Å². The summed E-state index contributed by atoms with van der Waals surface area (Å²) in [6.45, 7) is 0. The molecule has 0 heterocycles. The van der Waals surface area contributed by atoms with Gasteiger partial charge in [-0.05, 0) is 0 Å². The van der Waals surface area contributed by atoms with Crippen LogP contribution in [0.25, 0.3) is 0 Å². The number of carbonyl (C=O) groups excluding carboxylic acids is 2. The average Bonchev–Trinajstić information content (AvgIpc) is 2.29. The number of anilines is 1. The topological polar surface area (TPSA) is 72.2 Å². The molecule has 0 saturated heterocycles. The van der Waals surface area contributed by atoms with Crippen molar-refractivity contribution in [1.29, 1.82) is 0 Å². The summed E-state index contributed by atoms with van der Waals surface area (Å²) in [6.07, 6.45) is -0.959. The van der Waals surface area contributed by atoms with Crippen molar-refractivity contribution in [3.63, 3.8) is 0 Å². The molecule has 9 heteroatoms. The Bertz CT molecular complexity index is 503. The molecule has 0 aliphatic carbocycles. The molecule has 0 unspecified atom stereocenters. The van der Waals surface area contributed by atoms with Crippen LogP contribution in [0.3, 0.4) is 0 Å². The summed E-state index contributed by atoms with van der Waals surface area (Å²) in [5, 5.41) is 1.38. The van der Waals surface area contributed by atoms with Crippen LogP contribution >= 0.6 is 0 Å². The van der Waals surface area contributed by atoms with E-state index in [4.69, 9.17) is 0 Å². The molecule has 3 N–H and O–H groups in total. The fourth-order valence-electron chi connectivity index (χ4n) is 1.06. The standard InChI is InChI=1S/C9H5F5N2O2/c10-4-5(11)7(13)9(8(14)6(4)12)16-3(18)1-2(15)17/h1H2,(H2,15,17)(H,16,18). The molecule has 1 aromatic carbocycles. The van der Waals surface area contributed by atoms with Crippen molar-refractivity contribution in [3.8, 4) is 0 Å². The van der Waals surface area contributed by atoms with E-state index < -0.39 is 53.0 Å². The summed E-state index contributed by atoms with van der Waals surface area (Å²) < 4.78 is 64.2. The van der Waals surface area contributed by atoms with Gasteiger partial charge in [-0.2, -0.15) is 0 Å². The molecule has 98 valence electrons. The minimum absolute atomic E-state index is 0.959. The van der Waals surface area contributed by atoms with Crippen LogP contribution < -0.4 is 11.1 Å². The lowest BCUT2D eigenvalue weighted by molar-refractivity contribution is -0.124. The molecule has 0 aliphatic rings. The normalized spacial score (nSPS) is 10.3. The molecule has 0 saturated carbocycles. The van der Waals surface area contributed by atoms with Crippen LogP contribution in [0.5, 0.6) is 0 Å². The Labute approximate surface area is 96.6 Å². The van der Waals surface area contributed by atoms with Crippen LogP contribution in [0.15, 0.2) is 0 Å². The highest BCUT2D eigenvalue weighted by atomic mass is 19.2. The summed E-state index contributed by atoms with van der Waals surface area (Å²) in [7, 11) is 0. The predicted molar refractivity (Wildman–Crippen MR) is 48.7 cm³/mol. The van der Waals surface area contributed by atoms with Crippen LogP contribution in [0.4, 0.5) is 27.6 Å². The Hall–Kier alpha value is -2.19. The quantitative estimate of drug-likeness (QED) is 0.374. The zero-order valence-electron chi connectivity index (χ0n) is 8.49. The predicted octanol–water partition coefficient (Wildman–Crippen LogP) is 1.20. The zero-order valence-corrected chi connectivity index (χ0v) is 8.49. The molecule has 0 aliphatic heterocycles. The highest BCUT2D eigenvalue weighted by molar-refractivity contribution is 6.03. The molecule has 1 aromatic rings. The van der Waals surface area contributed by atoms with E-state index in [1.54, 1.807) is 0 Å². The molecule has 2 amide bonds. The van der Waals surface area contributed by atoms with Crippen molar-refractivity contribution in [3.05, 3.63) is 29.1 Å². The lowest BCUT2D eigenvalue weighted by Gasteiger charge is -2.08. The molecule has 0 spiro atoms. The number of nitrogens with two attached hydrogens (primary N) is 1. The molecule has 0 aromatic heterocycles. The third-order valence-corrected chi connectivity index (χ3v) is 1.81. The monoisotopic (exact) mass is 268 g/mol. The maximum absolute atomic E-state index is 13.0. The lowest BCUT2D eigenvalue weighted by atomic mass is 10.2. The van der Waals surface area contributed by atoms with Gasteiger partial charge in [-0.25, -0.2) is 22.0 Å². The number of benzene rings is 1. The maximum atomic E-state index is 13.0. The van der Waals surface area contributed by atoms with Gasteiger partial charge in [0.1, 0.15) is 12.1 Å². The van der Waals surface area contributed by atoms with E-state index >= 15 is 0 Å². The van der Waals surface area contributed by atoms with Gasteiger partial charge in [0.25, 0.3) is 0 Å². The number of carbonyl (C=O) groups is 2. The van der Waals surface area contributed by atoms with Crippen LogP contribution in [-0.4, -0.2) is 11.8 Å². The van der Waals surface area contributed by atoms with Gasteiger partial charge in [-0.15, -0.1) is 0 Å². The second-order valence-electron chi connectivity index (χ2n) is 3.14. The van der Waals surface area contributed by atoms with E-state index in [1.165, 1.54) is 5.32 Å². The van der Waals surface area contributed by atoms with Crippen molar-refractivity contribution in [2.24, 2.45) is 5.73 Å². The molecule has 18 heavy (non-hydrogen) atoms. The largest absolute Gasteiger partial charge is 0.369 e. The Kier molecular flexibility index (Phi) is 3.84. The molecule has 0 fully saturated rings. The number of halogens is 5. The van der Waals surface area contributed by atoms with Gasteiger partial charge in [0, 0.05) is 0 Å². The molecule has 0 radical (unpaired) electrons. The van der Waals surface area contributed by atoms with E-state index in [2.05, 4.69) is 5.73 Å². The van der Waals surface area contributed by atoms with Gasteiger partial charge in [0.2, 0.25) is 17.6 Å². The smallest absolute Gasteiger partial charge is 0.233 e. The SMILES string of the molecule is NC(=O)CC(=O)Nc1c(F)c(F)c(F)c(F)c1F. The molecule has 0 bridgehead atoms. The summed E-state index contributed by atoms with van der Waals surface area (Å²) in [5.41, 5.74) is 3.08. The number of nitrogens with one attached hydrogen (secondary N) is 1. The lowest BCUT2D eigenvalue weighted by Crippen LogP contribution is -2.23. The minimum atomic E-state index is -2.35. The van der Waals surface area contributed by atoms with Crippen molar-refractivity contribution in [1.82, 2.24) is 0 Å². The number of hydrogen-bond donors (Lipinski definition) is 2. The maximum Gasteiger partial charge on any atom is 0.233 e. The number of amides is 2. The molecular formula is C9H5F5N2O2. The molecular weight excluding hydrogens is 263 g/mol. The minimum Gasteiger partial charge on any atom is -0.369 e. The van der Waals surface area contributed by atoms with Crippen molar-refractivity contribution >= 4 is 17.5 Å². The van der Waals surface area contributed by atoms with Crippen LogP contribution in [0.2, 0.25) is 0 Å². The third kappa shape index (κ3) is 2.55. The molecule has 4 nitrogen and oxygen atoms in total. The summed E-state index contributed by atoms with van der Waals surface area (Å²) >= 11 is 0. The Morgan fingerprint density at radius 3 is 1.67 bits per heavy atom. The van der Waals surface area contributed by atoms with Crippen LogP contribution in [0.1, 0.15) is 6.42 Å². The van der Waals surface area contributed by atoms with Gasteiger partial charge < -0.3 is 11.1 Å². The Morgan fingerprint density at radius 2 is 1.28 bits per heavy atom. The van der Waals surface area contributed by atoms with Gasteiger partial charge in [-0.1, -0.05) is 0 Å². The summed E-state index contributed by atoms with van der Waals surface area (Å²) in [5.74, 6) is -13.6. The highest BCUT2D eigenvalue weighted by Gasteiger charge is 2.26. The first-order valence-electron chi connectivity index (χ1n) is 4.35. The fourth-order valence-corrected chi connectivity index (χ4v) is 1.06. The van der Waals surface area contributed by atoms with Crippen molar-refractivity contribution < 1.29 is 31.5 Å². The average molecular weight is 268 g/mol. The first-order chi connectivity index (χ1) is 8.25. The Balaban J connectivity index is 3.18. The van der Waals surface area contributed by atoms with E-state index in [9.17, 15) is 31.5 Å². The van der Waals surface area contributed by atoms with Gasteiger partial charge in [-0.3, -0.25) is 9.59 Å². The first-order valence-corrected chi connectivity index (χ1v) is 4.35. The number of primary amides is 1. The molecule has 1 rings (SSSR count).